The average Bonchev–Trinajstić information content (AvgIpc) is 2.88. The fraction of sp³-hybridized carbons (Fsp3) is 0.308. The fourth-order valence-corrected chi connectivity index (χ4v) is 2.58. The number of aryl methyl sites for hydroxylation is 1. The van der Waals surface area contributed by atoms with Gasteiger partial charge in [0.1, 0.15) is 0 Å². The summed E-state index contributed by atoms with van der Waals surface area (Å²) in [5.74, 6) is 0. The molecule has 0 saturated heterocycles. The second-order valence-corrected chi connectivity index (χ2v) is 5.20. The third kappa shape index (κ3) is 3.36. The normalized spacial score (nSPS) is 12.3. The molecule has 0 saturated carbocycles. The Kier molecular flexibility index (Phi) is 4.24. The zero-order chi connectivity index (χ0) is 13.8. The van der Waals surface area contributed by atoms with E-state index in [4.69, 9.17) is 5.73 Å². The molecule has 0 aliphatic rings. The van der Waals surface area contributed by atoms with Crippen LogP contribution in [0.25, 0.3) is 0 Å². The highest BCUT2D eigenvalue weighted by Gasteiger charge is 2.12. The van der Waals surface area contributed by atoms with E-state index in [-0.39, 0.29) is 11.7 Å². The van der Waals surface area contributed by atoms with Crippen LogP contribution in [0.4, 0.5) is 5.69 Å². The first-order chi connectivity index (χ1) is 9.10. The maximum absolute atomic E-state index is 10.6. The van der Waals surface area contributed by atoms with E-state index in [0.717, 1.165) is 22.7 Å². The summed E-state index contributed by atoms with van der Waals surface area (Å²) in [7, 11) is 0. The molecule has 6 heteroatoms. The number of rotatable bonds is 5. The van der Waals surface area contributed by atoms with E-state index in [9.17, 15) is 10.1 Å². The largest absolute Gasteiger partial charge is 0.322 e. The Morgan fingerprint density at radius 3 is 2.63 bits per heavy atom. The number of nitrogens with zero attached hydrogens (tertiary/aromatic N) is 2. The minimum atomic E-state index is -0.405. The summed E-state index contributed by atoms with van der Waals surface area (Å²) in [6.07, 6.45) is 1.54. The van der Waals surface area contributed by atoms with E-state index in [2.05, 4.69) is 11.9 Å². The fourth-order valence-electron chi connectivity index (χ4n) is 1.77. The first-order valence-corrected chi connectivity index (χ1v) is 6.91. The predicted octanol–water partition coefficient (Wildman–Crippen LogP) is 2.86. The van der Waals surface area contributed by atoms with Crippen LogP contribution in [0.5, 0.6) is 0 Å². The van der Waals surface area contributed by atoms with Crippen molar-refractivity contribution < 1.29 is 4.92 Å². The summed E-state index contributed by atoms with van der Waals surface area (Å²) in [6.45, 7) is 2.06. The zero-order valence-electron chi connectivity index (χ0n) is 10.6. The first kappa shape index (κ1) is 13.6. The maximum atomic E-state index is 10.6. The number of nitro groups is 1. The van der Waals surface area contributed by atoms with E-state index in [1.807, 2.05) is 5.38 Å². The lowest BCUT2D eigenvalue weighted by molar-refractivity contribution is -0.384. The van der Waals surface area contributed by atoms with Gasteiger partial charge in [-0.2, -0.15) is 0 Å². The van der Waals surface area contributed by atoms with Gasteiger partial charge in [0.15, 0.2) is 0 Å². The molecule has 0 aliphatic carbocycles. The standard InChI is InChI=1S/C13H15N3O2S/c1-2-13-15-12(8-19-13)11(14)7-9-3-5-10(6-4-9)16(17)18/h3-6,8,11H,2,7,14H2,1H3. The Morgan fingerprint density at radius 1 is 1.42 bits per heavy atom. The molecular formula is C13H15N3O2S. The quantitative estimate of drug-likeness (QED) is 0.673. The summed E-state index contributed by atoms with van der Waals surface area (Å²) >= 11 is 1.61. The van der Waals surface area contributed by atoms with Gasteiger partial charge in [0.2, 0.25) is 0 Å². The van der Waals surface area contributed by atoms with E-state index in [0.29, 0.717) is 6.42 Å². The minimum absolute atomic E-state index is 0.0965. The van der Waals surface area contributed by atoms with Crippen molar-refractivity contribution in [2.45, 2.75) is 25.8 Å². The van der Waals surface area contributed by atoms with E-state index < -0.39 is 4.92 Å². The summed E-state index contributed by atoms with van der Waals surface area (Å²) < 4.78 is 0. The van der Waals surface area contributed by atoms with Gasteiger partial charge in [0.05, 0.1) is 21.7 Å². The molecule has 2 aromatic rings. The lowest BCUT2D eigenvalue weighted by Crippen LogP contribution is -2.13. The molecule has 0 fully saturated rings. The van der Waals surface area contributed by atoms with Crippen molar-refractivity contribution in [1.82, 2.24) is 4.98 Å². The lowest BCUT2D eigenvalue weighted by Gasteiger charge is -2.08. The molecule has 2 N–H and O–H groups in total. The van der Waals surface area contributed by atoms with Gasteiger partial charge < -0.3 is 5.73 Å². The number of aromatic nitrogens is 1. The van der Waals surface area contributed by atoms with Crippen LogP contribution in [-0.4, -0.2) is 9.91 Å². The Bertz CT molecular complexity index is 566. The molecule has 1 heterocycles. The minimum Gasteiger partial charge on any atom is -0.322 e. The zero-order valence-corrected chi connectivity index (χ0v) is 11.4. The third-order valence-electron chi connectivity index (χ3n) is 2.85. The molecule has 1 aromatic carbocycles. The summed E-state index contributed by atoms with van der Waals surface area (Å²) in [5.41, 5.74) is 8.06. The number of nitro benzene ring substituents is 1. The highest BCUT2D eigenvalue weighted by Crippen LogP contribution is 2.20. The molecule has 1 atom stereocenters. The van der Waals surface area contributed by atoms with Gasteiger partial charge in [0.25, 0.3) is 5.69 Å². The van der Waals surface area contributed by atoms with E-state index in [1.165, 1.54) is 12.1 Å². The van der Waals surface area contributed by atoms with Crippen LogP contribution in [0.2, 0.25) is 0 Å². The van der Waals surface area contributed by atoms with Crippen molar-refractivity contribution >= 4 is 17.0 Å². The van der Waals surface area contributed by atoms with Gasteiger partial charge in [-0.15, -0.1) is 11.3 Å². The van der Waals surface area contributed by atoms with Crippen molar-refractivity contribution in [3.05, 3.63) is 56.0 Å². The number of hydrogen-bond acceptors (Lipinski definition) is 5. The molecule has 2 rings (SSSR count). The predicted molar refractivity (Wildman–Crippen MR) is 75.2 cm³/mol. The lowest BCUT2D eigenvalue weighted by atomic mass is 10.0. The number of benzene rings is 1. The van der Waals surface area contributed by atoms with Crippen LogP contribution in [0.1, 0.15) is 29.2 Å². The average molecular weight is 277 g/mol. The van der Waals surface area contributed by atoms with Crippen LogP contribution in [0.3, 0.4) is 0 Å². The topological polar surface area (TPSA) is 82.0 Å². The monoisotopic (exact) mass is 277 g/mol. The molecule has 0 radical (unpaired) electrons. The van der Waals surface area contributed by atoms with Crippen molar-refractivity contribution in [3.8, 4) is 0 Å². The summed E-state index contributed by atoms with van der Waals surface area (Å²) in [5, 5.41) is 13.6. The Morgan fingerprint density at radius 2 is 2.11 bits per heavy atom. The Balaban J connectivity index is 2.05. The number of hydrogen-bond donors (Lipinski definition) is 1. The van der Waals surface area contributed by atoms with Gasteiger partial charge in [-0.1, -0.05) is 19.1 Å². The van der Waals surface area contributed by atoms with Gasteiger partial charge in [0, 0.05) is 17.5 Å². The highest BCUT2D eigenvalue weighted by atomic mass is 32.1. The Hall–Kier alpha value is -1.79. The van der Waals surface area contributed by atoms with Crippen molar-refractivity contribution in [3.63, 3.8) is 0 Å². The first-order valence-electron chi connectivity index (χ1n) is 6.03. The van der Waals surface area contributed by atoms with Crippen LogP contribution in [0.15, 0.2) is 29.6 Å². The molecule has 1 aromatic heterocycles. The molecule has 1 unspecified atom stereocenters. The van der Waals surface area contributed by atoms with Crippen LogP contribution < -0.4 is 5.73 Å². The number of nitrogens with two attached hydrogens (primary N) is 1. The molecule has 5 nitrogen and oxygen atoms in total. The van der Waals surface area contributed by atoms with Crippen LogP contribution in [0, 0.1) is 10.1 Å². The van der Waals surface area contributed by atoms with Crippen LogP contribution in [-0.2, 0) is 12.8 Å². The molecule has 100 valence electrons. The summed E-state index contributed by atoms with van der Waals surface area (Å²) in [4.78, 5) is 14.6. The maximum Gasteiger partial charge on any atom is 0.269 e. The van der Waals surface area contributed by atoms with Gasteiger partial charge in [-0.25, -0.2) is 4.98 Å². The number of non-ortho nitro benzene ring substituents is 1. The van der Waals surface area contributed by atoms with Crippen molar-refractivity contribution in [2.75, 3.05) is 0 Å². The van der Waals surface area contributed by atoms with Gasteiger partial charge in [-0.05, 0) is 18.4 Å². The Labute approximate surface area is 115 Å². The molecule has 19 heavy (non-hydrogen) atoms. The van der Waals surface area contributed by atoms with Gasteiger partial charge in [-0.3, -0.25) is 10.1 Å². The van der Waals surface area contributed by atoms with E-state index in [1.54, 1.807) is 23.5 Å². The smallest absolute Gasteiger partial charge is 0.269 e. The molecule has 0 aliphatic heterocycles. The van der Waals surface area contributed by atoms with Crippen molar-refractivity contribution in [2.24, 2.45) is 5.73 Å². The van der Waals surface area contributed by atoms with Crippen molar-refractivity contribution in [1.29, 1.82) is 0 Å². The molecule has 0 spiro atoms. The summed E-state index contributed by atoms with van der Waals surface area (Å²) in [6, 6.07) is 6.31. The van der Waals surface area contributed by atoms with Crippen LogP contribution >= 0.6 is 11.3 Å². The second-order valence-electron chi connectivity index (χ2n) is 4.25. The van der Waals surface area contributed by atoms with E-state index >= 15 is 0 Å². The highest BCUT2D eigenvalue weighted by molar-refractivity contribution is 7.09. The molecular weight excluding hydrogens is 262 g/mol. The second kappa shape index (κ2) is 5.90. The molecule has 0 bridgehead atoms. The third-order valence-corrected chi connectivity index (χ3v) is 3.87. The molecule has 0 amide bonds. The number of thiazole rings is 1. The SMILES string of the molecule is CCc1nc(C(N)Cc2ccc([N+](=O)[O-])cc2)cs1. The van der Waals surface area contributed by atoms with Gasteiger partial charge >= 0.3 is 0 Å².